The van der Waals surface area contributed by atoms with E-state index in [1.165, 1.54) is 18.2 Å². The first kappa shape index (κ1) is 17.4. The predicted octanol–water partition coefficient (Wildman–Crippen LogP) is 2.65. The van der Waals surface area contributed by atoms with E-state index < -0.39 is 0 Å². The number of carbonyl (C=O) groups is 2. The number of amides is 2. The van der Waals surface area contributed by atoms with Gasteiger partial charge in [0.1, 0.15) is 5.82 Å². The SMILES string of the molecule is O=C(/C=C/c1cccnc1)NCC[C@@H]1[C@H]2CN(c3ccc(F)cc3)C(=O)[C@@H]12. The van der Waals surface area contributed by atoms with Gasteiger partial charge in [-0.2, -0.15) is 0 Å². The van der Waals surface area contributed by atoms with Crippen molar-refractivity contribution >= 4 is 23.6 Å². The van der Waals surface area contributed by atoms with Gasteiger partial charge in [0.15, 0.2) is 0 Å². The van der Waals surface area contributed by atoms with Crippen LogP contribution in [0.3, 0.4) is 0 Å². The van der Waals surface area contributed by atoms with Crippen molar-refractivity contribution in [3.05, 3.63) is 66.2 Å². The largest absolute Gasteiger partial charge is 0.353 e. The van der Waals surface area contributed by atoms with Crippen LogP contribution in [-0.4, -0.2) is 29.9 Å². The molecule has 2 amide bonds. The van der Waals surface area contributed by atoms with E-state index in [0.717, 1.165) is 17.7 Å². The number of anilines is 1. The average Bonchev–Trinajstić information content (AvgIpc) is 3.26. The van der Waals surface area contributed by atoms with E-state index in [1.807, 2.05) is 12.1 Å². The molecule has 2 heterocycles. The minimum Gasteiger partial charge on any atom is -0.353 e. The molecular weight excluding hydrogens is 345 g/mol. The number of piperidine rings is 1. The number of pyridine rings is 1. The molecule has 6 heteroatoms. The Hall–Kier alpha value is -3.02. The Morgan fingerprint density at radius 1 is 1.30 bits per heavy atom. The molecule has 1 saturated heterocycles. The minimum atomic E-state index is -0.304. The van der Waals surface area contributed by atoms with Gasteiger partial charge in [0.2, 0.25) is 11.8 Å². The van der Waals surface area contributed by atoms with Crippen molar-refractivity contribution in [2.75, 3.05) is 18.0 Å². The highest BCUT2D eigenvalue weighted by atomic mass is 19.1. The molecule has 0 spiro atoms. The summed E-state index contributed by atoms with van der Waals surface area (Å²) >= 11 is 0. The van der Waals surface area contributed by atoms with Gasteiger partial charge in [-0.1, -0.05) is 6.07 Å². The van der Waals surface area contributed by atoms with Gasteiger partial charge in [-0.05, 0) is 60.2 Å². The lowest BCUT2D eigenvalue weighted by atomic mass is 10.1. The lowest BCUT2D eigenvalue weighted by Gasteiger charge is -2.20. The van der Waals surface area contributed by atoms with Gasteiger partial charge in [-0.25, -0.2) is 4.39 Å². The van der Waals surface area contributed by atoms with Gasteiger partial charge in [0.05, 0.1) is 0 Å². The molecule has 1 N–H and O–H groups in total. The van der Waals surface area contributed by atoms with Crippen LogP contribution in [0.25, 0.3) is 6.08 Å². The number of fused-ring (bicyclic) bond motifs is 1. The van der Waals surface area contributed by atoms with Crippen molar-refractivity contribution in [1.82, 2.24) is 10.3 Å². The number of hydrogen-bond donors (Lipinski definition) is 1. The zero-order valence-electron chi connectivity index (χ0n) is 14.7. The number of nitrogens with one attached hydrogen (secondary N) is 1. The highest BCUT2D eigenvalue weighted by Crippen LogP contribution is 2.54. The molecule has 138 valence electrons. The number of hydrogen-bond acceptors (Lipinski definition) is 3. The molecule has 0 unspecified atom stereocenters. The summed E-state index contributed by atoms with van der Waals surface area (Å²) in [6, 6.07) is 9.72. The number of benzene rings is 1. The standard InChI is InChI=1S/C21H20FN3O2/c22-15-4-6-16(7-5-15)25-13-18-17(20(18)21(25)27)9-11-24-19(26)8-3-14-2-1-10-23-12-14/h1-8,10,12,17-18,20H,9,11,13H2,(H,24,26)/b8-3+/t17-,18-,20+/m1/s1. The zero-order chi connectivity index (χ0) is 18.8. The van der Waals surface area contributed by atoms with E-state index in [4.69, 9.17) is 0 Å². The molecular formula is C21H20FN3O2. The van der Waals surface area contributed by atoms with Gasteiger partial charge in [-0.3, -0.25) is 14.6 Å². The number of nitrogens with zero attached hydrogens (tertiary/aromatic N) is 2. The quantitative estimate of drug-likeness (QED) is 0.801. The predicted molar refractivity (Wildman–Crippen MR) is 100 cm³/mol. The molecule has 1 aromatic heterocycles. The number of rotatable bonds is 6. The Morgan fingerprint density at radius 2 is 2.11 bits per heavy atom. The number of halogens is 1. The lowest BCUT2D eigenvalue weighted by molar-refractivity contribution is -0.119. The third-order valence-electron chi connectivity index (χ3n) is 5.30. The van der Waals surface area contributed by atoms with Gasteiger partial charge in [0.25, 0.3) is 0 Å². The summed E-state index contributed by atoms with van der Waals surface area (Å²) in [4.78, 5) is 30.1. The Balaban J connectivity index is 1.22. The van der Waals surface area contributed by atoms with E-state index in [-0.39, 0.29) is 23.5 Å². The van der Waals surface area contributed by atoms with E-state index in [9.17, 15) is 14.0 Å². The summed E-state index contributed by atoms with van der Waals surface area (Å²) < 4.78 is 13.0. The first-order valence-corrected chi connectivity index (χ1v) is 9.06. The van der Waals surface area contributed by atoms with Crippen molar-refractivity contribution in [1.29, 1.82) is 0 Å². The normalized spacial score (nSPS) is 23.5. The molecule has 0 bridgehead atoms. The summed E-state index contributed by atoms with van der Waals surface area (Å²) in [5.41, 5.74) is 1.62. The Labute approximate surface area is 156 Å². The van der Waals surface area contributed by atoms with Crippen molar-refractivity contribution in [3.8, 4) is 0 Å². The van der Waals surface area contributed by atoms with Gasteiger partial charge < -0.3 is 10.2 Å². The summed E-state index contributed by atoms with van der Waals surface area (Å²) in [5, 5.41) is 2.86. The molecule has 1 saturated carbocycles. The summed E-state index contributed by atoms with van der Waals surface area (Å²) in [5.74, 6) is 0.366. The van der Waals surface area contributed by atoms with Crippen LogP contribution >= 0.6 is 0 Å². The molecule has 1 aliphatic heterocycles. The molecule has 4 rings (SSSR count). The van der Waals surface area contributed by atoms with Crippen molar-refractivity contribution < 1.29 is 14.0 Å². The molecule has 5 nitrogen and oxygen atoms in total. The molecule has 0 radical (unpaired) electrons. The average molecular weight is 365 g/mol. The maximum atomic E-state index is 13.0. The topological polar surface area (TPSA) is 62.3 Å². The second kappa shape index (κ2) is 7.31. The highest BCUT2D eigenvalue weighted by Gasteiger charge is 2.60. The monoisotopic (exact) mass is 365 g/mol. The smallest absolute Gasteiger partial charge is 0.244 e. The number of aromatic nitrogens is 1. The van der Waals surface area contributed by atoms with E-state index in [1.54, 1.807) is 35.5 Å². The molecule has 27 heavy (non-hydrogen) atoms. The first-order chi connectivity index (χ1) is 13.1. The van der Waals surface area contributed by atoms with Crippen LogP contribution in [0.4, 0.5) is 10.1 Å². The van der Waals surface area contributed by atoms with E-state index >= 15 is 0 Å². The molecule has 2 aromatic rings. The molecule has 2 aliphatic rings. The van der Waals surface area contributed by atoms with Crippen LogP contribution in [0, 0.1) is 23.6 Å². The third kappa shape index (κ3) is 3.74. The molecule has 1 aromatic carbocycles. The maximum absolute atomic E-state index is 13.0. The molecule has 3 atom stereocenters. The lowest BCUT2D eigenvalue weighted by Crippen LogP contribution is -2.30. The Morgan fingerprint density at radius 3 is 2.78 bits per heavy atom. The Bertz CT molecular complexity index is 867. The van der Waals surface area contributed by atoms with Crippen molar-refractivity contribution in [3.63, 3.8) is 0 Å². The zero-order valence-corrected chi connectivity index (χ0v) is 14.7. The van der Waals surface area contributed by atoms with Crippen LogP contribution in [0.5, 0.6) is 0 Å². The van der Waals surface area contributed by atoms with Crippen LogP contribution in [0.1, 0.15) is 12.0 Å². The first-order valence-electron chi connectivity index (χ1n) is 9.06. The second-order valence-corrected chi connectivity index (χ2v) is 6.98. The van der Waals surface area contributed by atoms with Crippen molar-refractivity contribution in [2.24, 2.45) is 17.8 Å². The fourth-order valence-corrected chi connectivity index (χ4v) is 3.86. The van der Waals surface area contributed by atoms with Gasteiger partial charge >= 0.3 is 0 Å². The second-order valence-electron chi connectivity index (χ2n) is 6.98. The highest BCUT2D eigenvalue weighted by molar-refractivity contribution is 6.00. The van der Waals surface area contributed by atoms with Gasteiger partial charge in [0, 0.05) is 43.2 Å². The third-order valence-corrected chi connectivity index (χ3v) is 5.30. The summed E-state index contributed by atoms with van der Waals surface area (Å²) in [7, 11) is 0. The molecule has 2 fully saturated rings. The van der Waals surface area contributed by atoms with Crippen LogP contribution in [0.15, 0.2) is 54.9 Å². The molecule has 1 aliphatic carbocycles. The van der Waals surface area contributed by atoms with Crippen LogP contribution < -0.4 is 10.2 Å². The number of carbonyl (C=O) groups excluding carboxylic acids is 2. The van der Waals surface area contributed by atoms with Crippen LogP contribution in [-0.2, 0) is 9.59 Å². The fraction of sp³-hybridized carbons (Fsp3) is 0.286. The van der Waals surface area contributed by atoms with Crippen LogP contribution in [0.2, 0.25) is 0 Å². The maximum Gasteiger partial charge on any atom is 0.244 e. The minimum absolute atomic E-state index is 0.0397. The van der Waals surface area contributed by atoms with Crippen molar-refractivity contribution in [2.45, 2.75) is 6.42 Å². The summed E-state index contributed by atoms with van der Waals surface area (Å²) in [6.07, 6.45) is 7.38. The Kier molecular flexibility index (Phi) is 4.71. The fourth-order valence-electron chi connectivity index (χ4n) is 3.86. The summed E-state index contributed by atoms with van der Waals surface area (Å²) in [6.45, 7) is 1.23. The van der Waals surface area contributed by atoms with Gasteiger partial charge in [-0.15, -0.1) is 0 Å². The van der Waals surface area contributed by atoms with E-state index in [2.05, 4.69) is 10.3 Å². The van der Waals surface area contributed by atoms with E-state index in [0.29, 0.717) is 24.9 Å².